The van der Waals surface area contributed by atoms with Crippen LogP contribution in [0.2, 0.25) is 0 Å². The van der Waals surface area contributed by atoms with Gasteiger partial charge in [-0.1, -0.05) is 34.8 Å². The summed E-state index contributed by atoms with van der Waals surface area (Å²) in [6.45, 7) is 2.56. The maximum atomic E-state index is 14.4. The van der Waals surface area contributed by atoms with Crippen LogP contribution in [0, 0.1) is 5.82 Å². The van der Waals surface area contributed by atoms with Crippen molar-refractivity contribution in [1.82, 2.24) is 4.90 Å². The third-order valence-corrected chi connectivity index (χ3v) is 5.02. The number of hydrogen-bond donors (Lipinski definition) is 1. The van der Waals surface area contributed by atoms with Crippen molar-refractivity contribution in [2.75, 3.05) is 6.54 Å². The van der Waals surface area contributed by atoms with Gasteiger partial charge in [-0.2, -0.15) is 0 Å². The van der Waals surface area contributed by atoms with Gasteiger partial charge >= 0.3 is 0 Å². The van der Waals surface area contributed by atoms with Crippen LogP contribution in [0.1, 0.15) is 38.2 Å². The van der Waals surface area contributed by atoms with Gasteiger partial charge in [0.05, 0.1) is 12.1 Å². The van der Waals surface area contributed by atoms with E-state index in [2.05, 4.69) is 25.8 Å². The molecule has 1 heterocycles. The van der Waals surface area contributed by atoms with Crippen molar-refractivity contribution < 1.29 is 4.39 Å². The molecule has 2 N–H and O–H groups in total. The van der Waals surface area contributed by atoms with E-state index in [1.54, 1.807) is 0 Å². The molecule has 2 aliphatic rings. The molecular weight excluding hydrogens is 321 g/mol. The first-order valence-corrected chi connectivity index (χ1v) is 7.86. The lowest BCUT2D eigenvalue weighted by Crippen LogP contribution is -2.52. The predicted octanol–water partition coefficient (Wildman–Crippen LogP) is 3.38. The third kappa shape index (κ3) is 2.12. The second-order valence-electron chi connectivity index (χ2n) is 5.88. The lowest BCUT2D eigenvalue weighted by atomic mass is 9.89. The Labute approximate surface area is 127 Å². The Kier molecular flexibility index (Phi) is 3.48. The van der Waals surface area contributed by atoms with E-state index in [0.717, 1.165) is 17.3 Å². The number of halogens is 2. The van der Waals surface area contributed by atoms with Gasteiger partial charge in [-0.05, 0) is 31.9 Å². The molecule has 1 aliphatic carbocycles. The molecule has 0 amide bonds. The largest absolute Gasteiger partial charge is 0.370 e. The molecule has 108 valence electrons. The molecule has 1 saturated carbocycles. The molecule has 1 atom stereocenters. The van der Waals surface area contributed by atoms with E-state index in [-0.39, 0.29) is 5.82 Å². The average Bonchev–Trinajstić information content (AvgIpc) is 2.98. The Morgan fingerprint density at radius 2 is 2.10 bits per heavy atom. The molecule has 3 nitrogen and oxygen atoms in total. The van der Waals surface area contributed by atoms with Crippen molar-refractivity contribution in [2.45, 2.75) is 44.2 Å². The SMILES string of the molecule is CC1(c2ccc(Br)cc2F)CN=C(N)N1C1CCCC1. The second kappa shape index (κ2) is 5.02. The van der Waals surface area contributed by atoms with E-state index in [4.69, 9.17) is 5.73 Å². The summed E-state index contributed by atoms with van der Waals surface area (Å²) in [5, 5.41) is 0. The van der Waals surface area contributed by atoms with E-state index in [0.29, 0.717) is 24.1 Å². The standard InChI is InChI=1S/C15H19BrFN3/c1-15(12-7-6-10(16)8-13(12)17)9-19-14(18)20(15)11-4-2-3-5-11/h6-8,11H,2-5,9H2,1H3,(H2,18,19). The van der Waals surface area contributed by atoms with Crippen molar-refractivity contribution in [3.8, 4) is 0 Å². The van der Waals surface area contributed by atoms with Crippen LogP contribution in [0.25, 0.3) is 0 Å². The molecule has 1 fully saturated rings. The number of guanidine groups is 1. The predicted molar refractivity (Wildman–Crippen MR) is 82.0 cm³/mol. The van der Waals surface area contributed by atoms with Crippen molar-refractivity contribution in [3.63, 3.8) is 0 Å². The highest BCUT2D eigenvalue weighted by atomic mass is 79.9. The number of rotatable bonds is 2. The normalized spacial score (nSPS) is 27.1. The fourth-order valence-electron chi connectivity index (χ4n) is 3.53. The van der Waals surface area contributed by atoms with E-state index in [1.165, 1.54) is 18.9 Å². The molecule has 1 unspecified atom stereocenters. The van der Waals surface area contributed by atoms with Crippen LogP contribution < -0.4 is 5.73 Å². The number of hydrogen-bond acceptors (Lipinski definition) is 3. The first kappa shape index (κ1) is 13.9. The molecule has 0 bridgehead atoms. The van der Waals surface area contributed by atoms with Gasteiger partial charge in [0.25, 0.3) is 0 Å². The second-order valence-corrected chi connectivity index (χ2v) is 6.80. The molecule has 1 aromatic rings. The summed E-state index contributed by atoms with van der Waals surface area (Å²) in [7, 11) is 0. The van der Waals surface area contributed by atoms with Crippen LogP contribution in [0.15, 0.2) is 27.7 Å². The van der Waals surface area contributed by atoms with Gasteiger partial charge in [0, 0.05) is 16.1 Å². The lowest BCUT2D eigenvalue weighted by Gasteiger charge is -2.41. The van der Waals surface area contributed by atoms with Crippen molar-refractivity contribution in [1.29, 1.82) is 0 Å². The van der Waals surface area contributed by atoms with Crippen molar-refractivity contribution >= 4 is 21.9 Å². The van der Waals surface area contributed by atoms with E-state index in [1.807, 2.05) is 19.1 Å². The van der Waals surface area contributed by atoms with E-state index < -0.39 is 5.54 Å². The molecule has 1 aromatic carbocycles. The summed E-state index contributed by atoms with van der Waals surface area (Å²) in [6.07, 6.45) is 4.66. The summed E-state index contributed by atoms with van der Waals surface area (Å²) in [4.78, 5) is 6.54. The maximum Gasteiger partial charge on any atom is 0.192 e. The first-order valence-electron chi connectivity index (χ1n) is 7.07. The highest BCUT2D eigenvalue weighted by molar-refractivity contribution is 9.10. The van der Waals surface area contributed by atoms with Crippen LogP contribution in [0.5, 0.6) is 0 Å². The summed E-state index contributed by atoms with van der Waals surface area (Å²) < 4.78 is 15.1. The van der Waals surface area contributed by atoms with Gasteiger partial charge in [-0.3, -0.25) is 4.99 Å². The summed E-state index contributed by atoms with van der Waals surface area (Å²) in [5.74, 6) is 0.358. The zero-order valence-electron chi connectivity index (χ0n) is 11.6. The number of benzene rings is 1. The van der Waals surface area contributed by atoms with Crippen LogP contribution in [-0.4, -0.2) is 23.4 Å². The Hall–Kier alpha value is -1.10. The third-order valence-electron chi connectivity index (χ3n) is 4.53. The molecular formula is C15H19BrFN3. The zero-order valence-corrected chi connectivity index (χ0v) is 13.2. The quantitative estimate of drug-likeness (QED) is 0.897. The number of nitrogens with two attached hydrogens (primary N) is 1. The lowest BCUT2D eigenvalue weighted by molar-refractivity contribution is 0.162. The molecule has 0 radical (unpaired) electrons. The monoisotopic (exact) mass is 339 g/mol. The molecule has 3 rings (SSSR count). The number of nitrogens with zero attached hydrogens (tertiary/aromatic N) is 2. The summed E-state index contributed by atoms with van der Waals surface area (Å²) in [6, 6.07) is 5.62. The molecule has 20 heavy (non-hydrogen) atoms. The van der Waals surface area contributed by atoms with Crippen LogP contribution in [-0.2, 0) is 5.54 Å². The first-order chi connectivity index (χ1) is 9.52. The minimum Gasteiger partial charge on any atom is -0.370 e. The minimum atomic E-state index is -0.468. The molecule has 0 spiro atoms. The fraction of sp³-hybridized carbons (Fsp3) is 0.533. The topological polar surface area (TPSA) is 41.6 Å². The fourth-order valence-corrected chi connectivity index (χ4v) is 3.87. The Morgan fingerprint density at radius 3 is 2.75 bits per heavy atom. The summed E-state index contributed by atoms with van der Waals surface area (Å²) >= 11 is 3.31. The van der Waals surface area contributed by atoms with Crippen LogP contribution >= 0.6 is 15.9 Å². The van der Waals surface area contributed by atoms with Gasteiger partial charge in [0.1, 0.15) is 5.82 Å². The minimum absolute atomic E-state index is 0.199. The molecule has 5 heteroatoms. The van der Waals surface area contributed by atoms with Gasteiger partial charge < -0.3 is 10.6 Å². The average molecular weight is 340 g/mol. The molecule has 1 aliphatic heterocycles. The molecule has 0 saturated heterocycles. The molecule has 0 aromatic heterocycles. The van der Waals surface area contributed by atoms with Crippen LogP contribution in [0.3, 0.4) is 0 Å². The van der Waals surface area contributed by atoms with E-state index >= 15 is 0 Å². The smallest absolute Gasteiger partial charge is 0.192 e. The maximum absolute atomic E-state index is 14.4. The Bertz CT molecular complexity index is 554. The van der Waals surface area contributed by atoms with Crippen molar-refractivity contribution in [2.24, 2.45) is 10.7 Å². The summed E-state index contributed by atoms with van der Waals surface area (Å²) in [5.41, 5.74) is 6.31. The Morgan fingerprint density at radius 1 is 1.40 bits per heavy atom. The van der Waals surface area contributed by atoms with Crippen LogP contribution in [0.4, 0.5) is 4.39 Å². The number of aliphatic imine (C=N–C) groups is 1. The van der Waals surface area contributed by atoms with E-state index in [9.17, 15) is 4.39 Å². The van der Waals surface area contributed by atoms with Gasteiger partial charge in [0.2, 0.25) is 0 Å². The Balaban J connectivity index is 2.01. The van der Waals surface area contributed by atoms with Gasteiger partial charge in [0.15, 0.2) is 5.96 Å². The highest BCUT2D eigenvalue weighted by Crippen LogP contribution is 2.40. The van der Waals surface area contributed by atoms with Crippen molar-refractivity contribution in [3.05, 3.63) is 34.1 Å². The zero-order chi connectivity index (χ0) is 14.3. The highest BCUT2D eigenvalue weighted by Gasteiger charge is 2.45. The van der Waals surface area contributed by atoms with Gasteiger partial charge in [-0.25, -0.2) is 4.39 Å². The van der Waals surface area contributed by atoms with Gasteiger partial charge in [-0.15, -0.1) is 0 Å².